The number of nitrogens with one attached hydrogen (secondary N) is 1. The van der Waals surface area contributed by atoms with Crippen LogP contribution >= 0.6 is 0 Å². The molecule has 0 aromatic rings. The minimum atomic E-state index is -0.811. The monoisotopic (exact) mass is 229 g/mol. The van der Waals surface area contributed by atoms with Gasteiger partial charge in [0, 0.05) is 5.54 Å². The Morgan fingerprint density at radius 1 is 1.31 bits per heavy atom. The van der Waals surface area contributed by atoms with Crippen molar-refractivity contribution in [3.63, 3.8) is 0 Å². The van der Waals surface area contributed by atoms with Crippen molar-refractivity contribution in [2.45, 2.75) is 63.5 Å². The van der Waals surface area contributed by atoms with Gasteiger partial charge in [0.15, 0.2) is 0 Å². The SMILES string of the molecule is CCC(CC)(CO)NC1(C(=O)O)CCCC1. The Bertz CT molecular complexity index is 234. The first-order valence-corrected chi connectivity index (χ1v) is 6.18. The first-order chi connectivity index (χ1) is 7.54. The summed E-state index contributed by atoms with van der Waals surface area (Å²) in [4.78, 5) is 11.4. The Labute approximate surface area is 97.0 Å². The van der Waals surface area contributed by atoms with E-state index >= 15 is 0 Å². The molecule has 0 amide bonds. The summed E-state index contributed by atoms with van der Waals surface area (Å²) in [6.45, 7) is 3.96. The Kier molecular flexibility index (Phi) is 4.33. The molecule has 0 heterocycles. The summed E-state index contributed by atoms with van der Waals surface area (Å²) >= 11 is 0. The van der Waals surface area contributed by atoms with Crippen molar-refractivity contribution in [2.75, 3.05) is 6.61 Å². The fourth-order valence-corrected chi connectivity index (χ4v) is 2.57. The molecule has 0 aliphatic heterocycles. The number of aliphatic hydroxyl groups is 1. The number of carboxylic acids is 1. The van der Waals surface area contributed by atoms with Crippen LogP contribution in [0.5, 0.6) is 0 Å². The van der Waals surface area contributed by atoms with E-state index in [4.69, 9.17) is 0 Å². The van der Waals surface area contributed by atoms with Crippen molar-refractivity contribution in [1.82, 2.24) is 5.32 Å². The lowest BCUT2D eigenvalue weighted by molar-refractivity contribution is -0.146. The number of hydrogen-bond acceptors (Lipinski definition) is 3. The van der Waals surface area contributed by atoms with Crippen LogP contribution in [-0.2, 0) is 4.79 Å². The third-order valence-corrected chi connectivity index (χ3v) is 4.03. The molecule has 0 radical (unpaired) electrons. The zero-order chi connectivity index (χ0) is 12.2. The third-order valence-electron chi connectivity index (χ3n) is 4.03. The second-order valence-corrected chi connectivity index (χ2v) is 4.86. The molecule has 1 rings (SSSR count). The highest BCUT2D eigenvalue weighted by atomic mass is 16.4. The van der Waals surface area contributed by atoms with E-state index in [-0.39, 0.29) is 6.61 Å². The molecule has 94 valence electrons. The van der Waals surface area contributed by atoms with Gasteiger partial charge in [0.1, 0.15) is 5.54 Å². The number of carboxylic acid groups (broad SMARTS) is 1. The maximum absolute atomic E-state index is 11.4. The Morgan fingerprint density at radius 2 is 1.81 bits per heavy atom. The van der Waals surface area contributed by atoms with Gasteiger partial charge in [-0.2, -0.15) is 0 Å². The second kappa shape index (κ2) is 5.15. The molecule has 3 N–H and O–H groups in total. The maximum Gasteiger partial charge on any atom is 0.323 e. The molecular weight excluding hydrogens is 206 g/mol. The van der Waals surface area contributed by atoms with E-state index in [0.29, 0.717) is 12.8 Å². The van der Waals surface area contributed by atoms with Crippen molar-refractivity contribution in [2.24, 2.45) is 0 Å². The van der Waals surface area contributed by atoms with Gasteiger partial charge < -0.3 is 10.2 Å². The molecule has 0 bridgehead atoms. The predicted molar refractivity (Wildman–Crippen MR) is 62.4 cm³/mol. The van der Waals surface area contributed by atoms with Gasteiger partial charge in [-0.3, -0.25) is 10.1 Å². The van der Waals surface area contributed by atoms with Gasteiger partial charge in [-0.05, 0) is 25.7 Å². The average molecular weight is 229 g/mol. The summed E-state index contributed by atoms with van der Waals surface area (Å²) < 4.78 is 0. The lowest BCUT2D eigenvalue weighted by Gasteiger charge is -2.39. The van der Waals surface area contributed by atoms with E-state index in [9.17, 15) is 15.0 Å². The number of aliphatic carboxylic acids is 1. The lowest BCUT2D eigenvalue weighted by atomic mass is 9.87. The predicted octanol–water partition coefficient (Wildman–Crippen LogP) is 1.52. The Morgan fingerprint density at radius 3 is 2.12 bits per heavy atom. The van der Waals surface area contributed by atoms with E-state index < -0.39 is 17.0 Å². The normalized spacial score (nSPS) is 19.9. The average Bonchev–Trinajstić information content (AvgIpc) is 2.76. The van der Waals surface area contributed by atoms with Crippen LogP contribution in [0.2, 0.25) is 0 Å². The Balaban J connectivity index is 2.85. The maximum atomic E-state index is 11.4. The van der Waals surface area contributed by atoms with Gasteiger partial charge >= 0.3 is 5.97 Å². The van der Waals surface area contributed by atoms with Gasteiger partial charge in [-0.25, -0.2) is 0 Å². The zero-order valence-corrected chi connectivity index (χ0v) is 10.3. The molecule has 4 heteroatoms. The van der Waals surface area contributed by atoms with Crippen LogP contribution in [0.4, 0.5) is 0 Å². The summed E-state index contributed by atoms with van der Waals surface area (Å²) in [5.74, 6) is -0.773. The minimum Gasteiger partial charge on any atom is -0.480 e. The smallest absolute Gasteiger partial charge is 0.323 e. The molecule has 16 heavy (non-hydrogen) atoms. The summed E-state index contributed by atoms with van der Waals surface area (Å²) in [6, 6.07) is 0. The van der Waals surface area contributed by atoms with Gasteiger partial charge in [0.2, 0.25) is 0 Å². The minimum absolute atomic E-state index is 0.00493. The highest BCUT2D eigenvalue weighted by Gasteiger charge is 2.45. The summed E-state index contributed by atoms with van der Waals surface area (Å²) in [5.41, 5.74) is -1.25. The van der Waals surface area contributed by atoms with Gasteiger partial charge in [-0.1, -0.05) is 26.7 Å². The number of rotatable bonds is 6. The van der Waals surface area contributed by atoms with Crippen LogP contribution in [0.1, 0.15) is 52.4 Å². The van der Waals surface area contributed by atoms with Gasteiger partial charge in [-0.15, -0.1) is 0 Å². The molecule has 1 aliphatic carbocycles. The Hall–Kier alpha value is -0.610. The molecule has 1 fully saturated rings. The summed E-state index contributed by atoms with van der Waals surface area (Å²) in [6.07, 6.45) is 4.74. The lowest BCUT2D eigenvalue weighted by Crippen LogP contribution is -2.62. The topological polar surface area (TPSA) is 69.6 Å². The first kappa shape index (κ1) is 13.5. The van der Waals surface area contributed by atoms with E-state index in [2.05, 4.69) is 5.32 Å². The fraction of sp³-hybridized carbons (Fsp3) is 0.917. The van der Waals surface area contributed by atoms with Crippen LogP contribution in [0.15, 0.2) is 0 Å². The quantitative estimate of drug-likeness (QED) is 0.646. The van der Waals surface area contributed by atoms with Gasteiger partial charge in [0.05, 0.1) is 6.61 Å². The van der Waals surface area contributed by atoms with Crippen LogP contribution in [0.25, 0.3) is 0 Å². The van der Waals surface area contributed by atoms with Crippen molar-refractivity contribution in [3.05, 3.63) is 0 Å². The van der Waals surface area contributed by atoms with Crippen molar-refractivity contribution < 1.29 is 15.0 Å². The largest absolute Gasteiger partial charge is 0.480 e. The third kappa shape index (κ3) is 2.38. The molecule has 0 unspecified atom stereocenters. The van der Waals surface area contributed by atoms with Crippen molar-refractivity contribution in [1.29, 1.82) is 0 Å². The summed E-state index contributed by atoms with van der Waals surface area (Å²) in [5, 5.41) is 22.1. The molecule has 0 atom stereocenters. The van der Waals surface area contributed by atoms with E-state index in [1.54, 1.807) is 0 Å². The van der Waals surface area contributed by atoms with Crippen LogP contribution in [0, 0.1) is 0 Å². The fourth-order valence-electron chi connectivity index (χ4n) is 2.57. The molecule has 1 saturated carbocycles. The first-order valence-electron chi connectivity index (χ1n) is 6.18. The van der Waals surface area contributed by atoms with Gasteiger partial charge in [0.25, 0.3) is 0 Å². The van der Waals surface area contributed by atoms with Crippen LogP contribution in [0.3, 0.4) is 0 Å². The highest BCUT2D eigenvalue weighted by molar-refractivity contribution is 5.79. The molecule has 0 spiro atoms. The second-order valence-electron chi connectivity index (χ2n) is 4.86. The summed E-state index contributed by atoms with van der Waals surface area (Å²) in [7, 11) is 0. The molecule has 0 aromatic heterocycles. The van der Waals surface area contributed by atoms with Crippen molar-refractivity contribution >= 4 is 5.97 Å². The van der Waals surface area contributed by atoms with E-state index in [1.807, 2.05) is 13.8 Å². The van der Waals surface area contributed by atoms with E-state index in [1.165, 1.54) is 0 Å². The van der Waals surface area contributed by atoms with E-state index in [0.717, 1.165) is 25.7 Å². The van der Waals surface area contributed by atoms with Crippen molar-refractivity contribution in [3.8, 4) is 0 Å². The number of carbonyl (C=O) groups is 1. The molecule has 4 nitrogen and oxygen atoms in total. The highest BCUT2D eigenvalue weighted by Crippen LogP contribution is 2.33. The molecular formula is C12H23NO3. The zero-order valence-electron chi connectivity index (χ0n) is 10.3. The van der Waals surface area contributed by atoms with Crippen LogP contribution in [-0.4, -0.2) is 33.9 Å². The standard InChI is InChI=1S/C12H23NO3/c1-3-11(4-2,9-14)13-12(10(15)16)7-5-6-8-12/h13-14H,3-9H2,1-2H3,(H,15,16). The van der Waals surface area contributed by atoms with Crippen LogP contribution < -0.4 is 5.32 Å². The number of hydrogen-bond donors (Lipinski definition) is 3. The molecule has 0 saturated heterocycles. The number of aliphatic hydroxyl groups excluding tert-OH is 1. The molecule has 1 aliphatic rings. The molecule has 0 aromatic carbocycles.